The zero-order chi connectivity index (χ0) is 7.98. The van der Waals surface area contributed by atoms with E-state index >= 15 is 0 Å². The SMILES string of the molecule is NCC(O)CCCC(=O)O. The fourth-order valence-electron chi connectivity index (χ4n) is 0.607. The van der Waals surface area contributed by atoms with Gasteiger partial charge in [0, 0.05) is 13.0 Å². The van der Waals surface area contributed by atoms with Crippen LogP contribution in [0.15, 0.2) is 0 Å². The molecule has 0 spiro atoms. The second kappa shape index (κ2) is 5.20. The molecule has 4 heteroatoms. The highest BCUT2D eigenvalue weighted by atomic mass is 16.4. The molecular weight excluding hydrogens is 134 g/mol. The molecule has 0 saturated carbocycles. The van der Waals surface area contributed by atoms with Crippen LogP contribution < -0.4 is 5.73 Å². The first-order valence-electron chi connectivity index (χ1n) is 3.26. The van der Waals surface area contributed by atoms with Gasteiger partial charge in [-0.2, -0.15) is 0 Å². The third-order valence-electron chi connectivity index (χ3n) is 1.20. The van der Waals surface area contributed by atoms with Crippen LogP contribution in [0.5, 0.6) is 0 Å². The monoisotopic (exact) mass is 147 g/mol. The normalized spacial score (nSPS) is 13.0. The molecular formula is C6H13NO3. The first kappa shape index (κ1) is 9.39. The topological polar surface area (TPSA) is 83.5 Å². The summed E-state index contributed by atoms with van der Waals surface area (Å²) < 4.78 is 0. The van der Waals surface area contributed by atoms with Crippen LogP contribution in [0.2, 0.25) is 0 Å². The summed E-state index contributed by atoms with van der Waals surface area (Å²) in [6.45, 7) is 0.208. The molecule has 0 radical (unpaired) electrons. The van der Waals surface area contributed by atoms with Crippen molar-refractivity contribution in [1.82, 2.24) is 0 Å². The standard InChI is InChI=1S/C6H13NO3/c7-4-5(8)2-1-3-6(9)10/h5,8H,1-4,7H2,(H,9,10). The number of hydrogen-bond acceptors (Lipinski definition) is 3. The summed E-state index contributed by atoms with van der Waals surface area (Å²) in [6, 6.07) is 0. The Morgan fingerprint density at radius 1 is 1.60 bits per heavy atom. The Kier molecular flexibility index (Phi) is 4.88. The molecule has 0 fully saturated rings. The molecule has 0 aliphatic carbocycles. The molecule has 1 atom stereocenters. The fraction of sp³-hybridized carbons (Fsp3) is 0.833. The van der Waals surface area contributed by atoms with Crippen LogP contribution in [0.4, 0.5) is 0 Å². The number of aliphatic hydroxyl groups excluding tert-OH is 1. The van der Waals surface area contributed by atoms with Gasteiger partial charge in [-0.3, -0.25) is 4.79 Å². The molecule has 0 amide bonds. The Bertz CT molecular complexity index is 105. The molecule has 10 heavy (non-hydrogen) atoms. The van der Waals surface area contributed by atoms with Gasteiger partial charge in [-0.05, 0) is 12.8 Å². The summed E-state index contributed by atoms with van der Waals surface area (Å²) in [6.07, 6.45) is 0.535. The van der Waals surface area contributed by atoms with Gasteiger partial charge in [0.15, 0.2) is 0 Å². The summed E-state index contributed by atoms with van der Waals surface area (Å²) >= 11 is 0. The second-order valence-corrected chi connectivity index (χ2v) is 2.18. The molecule has 0 saturated heterocycles. The third-order valence-corrected chi connectivity index (χ3v) is 1.20. The Morgan fingerprint density at radius 2 is 2.20 bits per heavy atom. The van der Waals surface area contributed by atoms with E-state index in [4.69, 9.17) is 15.9 Å². The highest BCUT2D eigenvalue weighted by molar-refractivity contribution is 5.66. The van der Waals surface area contributed by atoms with Crippen LogP contribution in [-0.4, -0.2) is 28.8 Å². The Balaban J connectivity index is 3.11. The van der Waals surface area contributed by atoms with Crippen molar-refractivity contribution in [2.45, 2.75) is 25.4 Å². The number of carbonyl (C=O) groups is 1. The van der Waals surface area contributed by atoms with Crippen molar-refractivity contribution in [2.24, 2.45) is 5.73 Å². The average molecular weight is 147 g/mol. The van der Waals surface area contributed by atoms with Gasteiger partial charge in [0.05, 0.1) is 6.10 Å². The van der Waals surface area contributed by atoms with Crippen molar-refractivity contribution in [3.8, 4) is 0 Å². The Morgan fingerprint density at radius 3 is 2.60 bits per heavy atom. The minimum Gasteiger partial charge on any atom is -0.481 e. The van der Waals surface area contributed by atoms with Gasteiger partial charge in [-0.25, -0.2) is 0 Å². The minimum absolute atomic E-state index is 0.108. The van der Waals surface area contributed by atoms with E-state index in [0.717, 1.165) is 0 Å². The molecule has 0 aromatic rings. The molecule has 4 nitrogen and oxygen atoms in total. The van der Waals surface area contributed by atoms with Crippen molar-refractivity contribution in [2.75, 3.05) is 6.54 Å². The lowest BCUT2D eigenvalue weighted by Gasteiger charge is -2.04. The van der Waals surface area contributed by atoms with Crippen LogP contribution in [0, 0.1) is 0 Å². The molecule has 0 aliphatic rings. The number of hydrogen-bond donors (Lipinski definition) is 3. The van der Waals surface area contributed by atoms with Crippen LogP contribution >= 0.6 is 0 Å². The van der Waals surface area contributed by atoms with Crippen molar-refractivity contribution in [1.29, 1.82) is 0 Å². The third kappa shape index (κ3) is 5.53. The maximum absolute atomic E-state index is 9.96. The molecule has 0 aromatic carbocycles. The zero-order valence-electron chi connectivity index (χ0n) is 5.79. The maximum atomic E-state index is 9.96. The van der Waals surface area contributed by atoms with E-state index in [1.165, 1.54) is 0 Å². The predicted molar refractivity (Wildman–Crippen MR) is 36.5 cm³/mol. The lowest BCUT2D eigenvalue weighted by atomic mass is 10.1. The van der Waals surface area contributed by atoms with Gasteiger partial charge >= 0.3 is 5.97 Å². The summed E-state index contributed by atoms with van der Waals surface area (Å²) in [7, 11) is 0. The van der Waals surface area contributed by atoms with E-state index in [9.17, 15) is 4.79 Å². The first-order valence-corrected chi connectivity index (χ1v) is 3.26. The van der Waals surface area contributed by atoms with E-state index in [1.54, 1.807) is 0 Å². The van der Waals surface area contributed by atoms with E-state index in [2.05, 4.69) is 0 Å². The molecule has 0 heterocycles. The number of carboxylic acid groups (broad SMARTS) is 1. The molecule has 60 valence electrons. The molecule has 0 rings (SSSR count). The van der Waals surface area contributed by atoms with Crippen molar-refractivity contribution in [3.63, 3.8) is 0 Å². The van der Waals surface area contributed by atoms with Crippen LogP contribution in [0.25, 0.3) is 0 Å². The van der Waals surface area contributed by atoms with E-state index in [0.29, 0.717) is 12.8 Å². The van der Waals surface area contributed by atoms with E-state index in [-0.39, 0.29) is 13.0 Å². The lowest BCUT2D eigenvalue weighted by molar-refractivity contribution is -0.137. The lowest BCUT2D eigenvalue weighted by Crippen LogP contribution is -2.19. The average Bonchev–Trinajstić information content (AvgIpc) is 1.87. The van der Waals surface area contributed by atoms with Gasteiger partial charge in [0.25, 0.3) is 0 Å². The minimum atomic E-state index is -0.829. The molecule has 0 aliphatic heterocycles. The van der Waals surface area contributed by atoms with Gasteiger partial charge in [0.1, 0.15) is 0 Å². The van der Waals surface area contributed by atoms with Gasteiger partial charge in [0.2, 0.25) is 0 Å². The molecule has 0 bridgehead atoms. The van der Waals surface area contributed by atoms with E-state index < -0.39 is 12.1 Å². The Labute approximate surface area is 59.7 Å². The highest BCUT2D eigenvalue weighted by Gasteiger charge is 2.02. The first-order chi connectivity index (χ1) is 4.66. The van der Waals surface area contributed by atoms with Crippen LogP contribution in [0.1, 0.15) is 19.3 Å². The predicted octanol–water partition coefficient (Wildman–Crippen LogP) is -0.439. The number of nitrogens with two attached hydrogens (primary N) is 1. The number of carboxylic acids is 1. The van der Waals surface area contributed by atoms with Crippen molar-refractivity contribution < 1.29 is 15.0 Å². The fourth-order valence-corrected chi connectivity index (χ4v) is 0.607. The molecule has 0 aromatic heterocycles. The largest absolute Gasteiger partial charge is 0.481 e. The maximum Gasteiger partial charge on any atom is 0.303 e. The zero-order valence-corrected chi connectivity index (χ0v) is 5.79. The van der Waals surface area contributed by atoms with E-state index in [1.807, 2.05) is 0 Å². The van der Waals surface area contributed by atoms with Gasteiger partial charge in [-0.1, -0.05) is 0 Å². The summed E-state index contributed by atoms with van der Waals surface area (Å²) in [5.41, 5.74) is 5.09. The van der Waals surface area contributed by atoms with Gasteiger partial charge in [-0.15, -0.1) is 0 Å². The summed E-state index contributed by atoms with van der Waals surface area (Å²) in [5.74, 6) is -0.829. The van der Waals surface area contributed by atoms with Crippen molar-refractivity contribution in [3.05, 3.63) is 0 Å². The quantitative estimate of drug-likeness (QED) is 0.492. The van der Waals surface area contributed by atoms with Gasteiger partial charge < -0.3 is 15.9 Å². The smallest absolute Gasteiger partial charge is 0.303 e. The molecule has 4 N–H and O–H groups in total. The van der Waals surface area contributed by atoms with Crippen LogP contribution in [0.3, 0.4) is 0 Å². The highest BCUT2D eigenvalue weighted by Crippen LogP contribution is 1.98. The number of aliphatic hydroxyl groups is 1. The summed E-state index contributed by atoms with van der Waals surface area (Å²) in [4.78, 5) is 9.96. The van der Waals surface area contributed by atoms with Crippen molar-refractivity contribution >= 4 is 5.97 Å². The second-order valence-electron chi connectivity index (χ2n) is 2.18. The number of aliphatic carboxylic acids is 1. The Hall–Kier alpha value is -0.610. The number of rotatable bonds is 5. The van der Waals surface area contributed by atoms with Crippen LogP contribution in [-0.2, 0) is 4.79 Å². The summed E-state index contributed by atoms with van der Waals surface area (Å²) in [5, 5.41) is 17.0. The molecule has 1 unspecified atom stereocenters.